The van der Waals surface area contributed by atoms with Crippen LogP contribution in [0.2, 0.25) is 0 Å². The Morgan fingerprint density at radius 1 is 1.25 bits per heavy atom. The number of imidazole rings is 1. The maximum Gasteiger partial charge on any atom is 0.269 e. The van der Waals surface area contributed by atoms with Gasteiger partial charge in [-0.05, 0) is 12.6 Å². The van der Waals surface area contributed by atoms with Gasteiger partial charge in [0.1, 0.15) is 11.8 Å². The van der Waals surface area contributed by atoms with E-state index >= 15 is 0 Å². The summed E-state index contributed by atoms with van der Waals surface area (Å²) >= 11 is 0. The number of hydrogen-bond acceptors (Lipinski definition) is 7. The van der Waals surface area contributed by atoms with E-state index in [1.165, 1.54) is 18.5 Å². The van der Waals surface area contributed by atoms with Crippen LogP contribution in [0.3, 0.4) is 0 Å². The van der Waals surface area contributed by atoms with Gasteiger partial charge in [0.2, 0.25) is 0 Å². The Hall–Kier alpha value is -3.07. The van der Waals surface area contributed by atoms with E-state index in [0.717, 1.165) is 12.1 Å². The second-order valence-corrected chi connectivity index (χ2v) is 5.53. The fourth-order valence-electron chi connectivity index (χ4n) is 2.45. The minimum absolute atomic E-state index is 0.101. The highest BCUT2D eigenvalue weighted by atomic mass is 16.6. The fourth-order valence-corrected chi connectivity index (χ4v) is 2.45. The van der Waals surface area contributed by atoms with Crippen molar-refractivity contribution in [2.24, 2.45) is 0 Å². The smallest absolute Gasteiger partial charge is 0.269 e. The second kappa shape index (κ2) is 6.59. The molecule has 1 aromatic carbocycles. The Morgan fingerprint density at radius 2 is 2.00 bits per heavy atom. The summed E-state index contributed by atoms with van der Waals surface area (Å²) in [6, 6.07) is 6.59. The molecule has 0 bridgehead atoms. The van der Waals surface area contributed by atoms with Crippen molar-refractivity contribution in [3.05, 3.63) is 52.6 Å². The molecule has 9 heteroatoms. The molecule has 0 saturated carbocycles. The lowest BCUT2D eigenvalue weighted by atomic mass is 10.2. The van der Waals surface area contributed by atoms with Crippen molar-refractivity contribution in [2.45, 2.75) is 13.1 Å². The maximum absolute atomic E-state index is 10.7. The monoisotopic (exact) mass is 327 g/mol. The van der Waals surface area contributed by atoms with E-state index in [4.69, 9.17) is 5.73 Å². The van der Waals surface area contributed by atoms with Gasteiger partial charge in [0.05, 0.1) is 11.3 Å². The fraction of sp³-hybridized carbons (Fsp3) is 0.267. The summed E-state index contributed by atoms with van der Waals surface area (Å²) < 4.78 is 1.93. The number of benzene rings is 1. The first-order chi connectivity index (χ1) is 11.5. The van der Waals surface area contributed by atoms with Gasteiger partial charge in [0, 0.05) is 31.8 Å². The van der Waals surface area contributed by atoms with Crippen LogP contribution in [0.15, 0.2) is 36.9 Å². The number of rotatable bonds is 6. The van der Waals surface area contributed by atoms with Gasteiger partial charge in [-0.1, -0.05) is 12.1 Å². The van der Waals surface area contributed by atoms with Gasteiger partial charge in [-0.25, -0.2) is 15.0 Å². The third-order valence-corrected chi connectivity index (χ3v) is 3.75. The molecular formula is C15H17N7O2. The summed E-state index contributed by atoms with van der Waals surface area (Å²) in [4.78, 5) is 24.8. The summed E-state index contributed by atoms with van der Waals surface area (Å²) in [7, 11) is 1.99. The number of anilines is 1. The topological polar surface area (TPSA) is 116 Å². The quantitative estimate of drug-likeness (QED) is 0.538. The van der Waals surface area contributed by atoms with Crippen molar-refractivity contribution >= 4 is 22.7 Å². The Labute approximate surface area is 137 Å². The number of nitrogens with two attached hydrogens (primary N) is 1. The zero-order chi connectivity index (χ0) is 17.1. The maximum atomic E-state index is 10.7. The van der Waals surface area contributed by atoms with Crippen molar-refractivity contribution in [1.29, 1.82) is 0 Å². The molecule has 0 unspecified atom stereocenters. The third kappa shape index (κ3) is 3.30. The van der Waals surface area contributed by atoms with E-state index in [1.807, 2.05) is 11.6 Å². The predicted octanol–water partition coefficient (Wildman–Crippen LogP) is 1.45. The van der Waals surface area contributed by atoms with E-state index in [2.05, 4.69) is 19.9 Å². The van der Waals surface area contributed by atoms with Gasteiger partial charge in [0.25, 0.3) is 5.69 Å². The minimum Gasteiger partial charge on any atom is -0.382 e. The van der Waals surface area contributed by atoms with Crippen LogP contribution >= 0.6 is 0 Å². The van der Waals surface area contributed by atoms with Crippen LogP contribution in [0, 0.1) is 10.1 Å². The summed E-state index contributed by atoms with van der Waals surface area (Å²) in [5, 5.41) is 10.7. The van der Waals surface area contributed by atoms with E-state index < -0.39 is 4.92 Å². The number of hydrogen-bond donors (Lipinski definition) is 1. The van der Waals surface area contributed by atoms with Gasteiger partial charge in [-0.3, -0.25) is 10.1 Å². The van der Waals surface area contributed by atoms with Crippen LogP contribution in [0.1, 0.15) is 5.56 Å². The first-order valence-electron chi connectivity index (χ1n) is 7.38. The summed E-state index contributed by atoms with van der Waals surface area (Å²) in [6.07, 6.45) is 3.13. The first kappa shape index (κ1) is 15.8. The van der Waals surface area contributed by atoms with Crippen molar-refractivity contribution in [3.8, 4) is 0 Å². The largest absolute Gasteiger partial charge is 0.382 e. The molecule has 2 aromatic heterocycles. The van der Waals surface area contributed by atoms with Crippen LogP contribution in [0.4, 0.5) is 11.5 Å². The highest BCUT2D eigenvalue weighted by Crippen LogP contribution is 2.15. The number of fused-ring (bicyclic) bond motifs is 1. The molecule has 2 heterocycles. The third-order valence-electron chi connectivity index (χ3n) is 3.75. The minimum atomic E-state index is -0.398. The summed E-state index contributed by atoms with van der Waals surface area (Å²) in [5.41, 5.74) is 8.22. The van der Waals surface area contributed by atoms with Crippen LogP contribution in [0.5, 0.6) is 0 Å². The molecular weight excluding hydrogens is 310 g/mol. The van der Waals surface area contributed by atoms with Crippen molar-refractivity contribution < 1.29 is 4.92 Å². The highest BCUT2D eigenvalue weighted by molar-refractivity contribution is 5.81. The van der Waals surface area contributed by atoms with Crippen LogP contribution < -0.4 is 5.73 Å². The molecule has 0 spiro atoms. The number of non-ortho nitro benzene ring substituents is 1. The van der Waals surface area contributed by atoms with Crippen molar-refractivity contribution in [1.82, 2.24) is 24.4 Å². The van der Waals surface area contributed by atoms with Gasteiger partial charge in [0.15, 0.2) is 11.5 Å². The van der Waals surface area contributed by atoms with Crippen LogP contribution in [0.25, 0.3) is 11.2 Å². The summed E-state index contributed by atoms with van der Waals surface area (Å²) in [6.45, 7) is 2.17. The number of aromatic nitrogens is 4. The average molecular weight is 327 g/mol. The molecule has 0 aliphatic rings. The molecule has 124 valence electrons. The van der Waals surface area contributed by atoms with E-state index in [-0.39, 0.29) is 5.69 Å². The number of nitrogen functional groups attached to an aromatic ring is 1. The van der Waals surface area contributed by atoms with Gasteiger partial charge in [-0.2, -0.15) is 0 Å². The lowest BCUT2D eigenvalue weighted by Gasteiger charge is -2.17. The molecule has 3 aromatic rings. The standard InChI is InChI=1S/C15H17N7O2/c1-20(8-11-2-4-12(5-3-11)22(23)24)6-7-21-10-19-13-14(16)17-9-18-15(13)21/h2-5,9-10H,6-8H2,1H3,(H2,16,17,18). The average Bonchev–Trinajstić information content (AvgIpc) is 2.98. The molecule has 0 atom stereocenters. The Kier molecular flexibility index (Phi) is 4.34. The first-order valence-corrected chi connectivity index (χ1v) is 7.38. The highest BCUT2D eigenvalue weighted by Gasteiger charge is 2.09. The lowest BCUT2D eigenvalue weighted by Crippen LogP contribution is -2.22. The molecule has 2 N–H and O–H groups in total. The Balaban J connectivity index is 1.61. The zero-order valence-corrected chi connectivity index (χ0v) is 13.2. The van der Waals surface area contributed by atoms with Crippen molar-refractivity contribution in [3.63, 3.8) is 0 Å². The number of nitrogens with zero attached hydrogens (tertiary/aromatic N) is 6. The normalized spacial score (nSPS) is 11.2. The van der Waals surface area contributed by atoms with Gasteiger partial charge in [-0.15, -0.1) is 0 Å². The second-order valence-electron chi connectivity index (χ2n) is 5.53. The number of nitro benzene ring substituents is 1. The molecule has 3 rings (SSSR count). The van der Waals surface area contributed by atoms with Crippen molar-refractivity contribution in [2.75, 3.05) is 19.3 Å². The van der Waals surface area contributed by atoms with Crippen LogP contribution in [-0.4, -0.2) is 42.9 Å². The summed E-state index contributed by atoms with van der Waals surface area (Å²) in [5.74, 6) is 0.373. The van der Waals surface area contributed by atoms with E-state index in [9.17, 15) is 10.1 Å². The molecule has 0 aliphatic heterocycles. The molecule has 0 aliphatic carbocycles. The zero-order valence-electron chi connectivity index (χ0n) is 13.2. The molecule has 0 radical (unpaired) electrons. The van der Waals surface area contributed by atoms with Gasteiger partial charge >= 0.3 is 0 Å². The number of nitro groups is 1. The molecule has 0 amide bonds. The molecule has 0 saturated heterocycles. The molecule has 24 heavy (non-hydrogen) atoms. The molecule has 9 nitrogen and oxygen atoms in total. The Morgan fingerprint density at radius 3 is 2.71 bits per heavy atom. The van der Waals surface area contributed by atoms with Gasteiger partial charge < -0.3 is 15.2 Å². The molecule has 0 fully saturated rings. The predicted molar refractivity (Wildman–Crippen MR) is 89.2 cm³/mol. The van der Waals surface area contributed by atoms with E-state index in [1.54, 1.807) is 18.5 Å². The van der Waals surface area contributed by atoms with Crippen LogP contribution in [-0.2, 0) is 13.1 Å². The van der Waals surface area contributed by atoms with E-state index in [0.29, 0.717) is 30.1 Å². The SMILES string of the molecule is CN(CCn1cnc2c(N)ncnc21)Cc1ccc([N+](=O)[O-])cc1. The lowest BCUT2D eigenvalue weighted by molar-refractivity contribution is -0.384. The number of likely N-dealkylation sites (N-methyl/N-ethyl adjacent to an activating group) is 1. The Bertz CT molecular complexity index is 860.